The van der Waals surface area contributed by atoms with Crippen molar-refractivity contribution in [1.29, 1.82) is 0 Å². The lowest BCUT2D eigenvalue weighted by molar-refractivity contribution is 0.0878. The number of benzene rings is 2. The molecule has 2 nitrogen and oxygen atoms in total. The highest BCUT2D eigenvalue weighted by Crippen LogP contribution is 2.30. The van der Waals surface area contributed by atoms with Crippen molar-refractivity contribution in [1.82, 2.24) is 4.90 Å². The Morgan fingerprint density at radius 3 is 2.75 bits per heavy atom. The largest absolute Gasteiger partial charge is 0.477 e. The van der Waals surface area contributed by atoms with Crippen molar-refractivity contribution in [3.63, 3.8) is 0 Å². The van der Waals surface area contributed by atoms with Gasteiger partial charge in [0.05, 0.1) is 0 Å². The lowest BCUT2D eigenvalue weighted by Crippen LogP contribution is -2.31. The molecule has 1 heterocycles. The molecule has 2 aromatic rings. The molecule has 102 valence electrons. The van der Waals surface area contributed by atoms with E-state index in [0.29, 0.717) is 6.73 Å². The zero-order chi connectivity index (χ0) is 13.8. The first-order valence-electron chi connectivity index (χ1n) is 6.97. The number of hydrogen-bond acceptors (Lipinski definition) is 2. The Kier molecular flexibility index (Phi) is 3.84. The number of para-hydroxylation sites is 1. The van der Waals surface area contributed by atoms with E-state index in [1.807, 2.05) is 12.1 Å². The van der Waals surface area contributed by atoms with Crippen LogP contribution in [0, 0.1) is 0 Å². The number of nitrogens with zero attached hydrogens (tertiary/aromatic N) is 1. The third-order valence-corrected chi connectivity index (χ3v) is 3.58. The van der Waals surface area contributed by atoms with Gasteiger partial charge in [0, 0.05) is 18.7 Å². The zero-order valence-corrected chi connectivity index (χ0v) is 11.6. The van der Waals surface area contributed by atoms with Crippen LogP contribution in [0.4, 0.5) is 0 Å². The van der Waals surface area contributed by atoms with Gasteiger partial charge in [-0.3, -0.25) is 4.90 Å². The van der Waals surface area contributed by atoms with Gasteiger partial charge in [0.25, 0.3) is 0 Å². The molecule has 0 aliphatic carbocycles. The van der Waals surface area contributed by atoms with Gasteiger partial charge >= 0.3 is 0 Å². The maximum Gasteiger partial charge on any atom is 0.142 e. The Morgan fingerprint density at radius 1 is 1.10 bits per heavy atom. The van der Waals surface area contributed by atoms with Gasteiger partial charge in [-0.15, -0.1) is 6.58 Å². The third kappa shape index (κ3) is 2.75. The summed E-state index contributed by atoms with van der Waals surface area (Å²) in [6, 6.07) is 16.9. The summed E-state index contributed by atoms with van der Waals surface area (Å²) in [5, 5.41) is 0. The van der Waals surface area contributed by atoms with E-state index in [1.165, 1.54) is 16.7 Å². The number of allylic oxidation sites excluding steroid dienone is 1. The van der Waals surface area contributed by atoms with Crippen molar-refractivity contribution >= 4 is 0 Å². The van der Waals surface area contributed by atoms with Crippen LogP contribution >= 0.6 is 0 Å². The summed E-state index contributed by atoms with van der Waals surface area (Å²) in [5.74, 6) is 1.05. The minimum absolute atomic E-state index is 0.649. The molecule has 0 unspecified atom stereocenters. The normalized spacial score (nSPS) is 14.4. The van der Waals surface area contributed by atoms with Crippen LogP contribution in [0.25, 0.3) is 0 Å². The number of fused-ring (bicyclic) bond motifs is 1. The van der Waals surface area contributed by atoms with Crippen LogP contribution in [0.1, 0.15) is 16.7 Å². The summed E-state index contributed by atoms with van der Waals surface area (Å²) in [5.41, 5.74) is 3.82. The van der Waals surface area contributed by atoms with Crippen LogP contribution in [0.15, 0.2) is 61.2 Å². The Morgan fingerprint density at radius 2 is 1.95 bits per heavy atom. The van der Waals surface area contributed by atoms with E-state index in [1.54, 1.807) is 0 Å². The Hall–Kier alpha value is -2.06. The first kappa shape index (κ1) is 12.9. The van der Waals surface area contributed by atoms with E-state index in [9.17, 15) is 0 Å². The first-order chi connectivity index (χ1) is 9.86. The maximum atomic E-state index is 5.97. The van der Waals surface area contributed by atoms with E-state index in [4.69, 9.17) is 4.74 Å². The van der Waals surface area contributed by atoms with Gasteiger partial charge in [0.1, 0.15) is 12.5 Å². The highest BCUT2D eigenvalue weighted by molar-refractivity contribution is 5.43. The van der Waals surface area contributed by atoms with Gasteiger partial charge in [-0.1, -0.05) is 54.6 Å². The summed E-state index contributed by atoms with van der Waals surface area (Å²) in [6.45, 7) is 6.32. The predicted octanol–water partition coefficient (Wildman–Crippen LogP) is 3.77. The van der Waals surface area contributed by atoms with Gasteiger partial charge in [-0.05, 0) is 17.5 Å². The van der Waals surface area contributed by atoms with Crippen molar-refractivity contribution in [3.05, 3.63) is 77.9 Å². The predicted molar refractivity (Wildman–Crippen MR) is 81.5 cm³/mol. The van der Waals surface area contributed by atoms with Gasteiger partial charge < -0.3 is 4.74 Å². The van der Waals surface area contributed by atoms with Gasteiger partial charge in [-0.2, -0.15) is 0 Å². The van der Waals surface area contributed by atoms with Crippen LogP contribution in [0.5, 0.6) is 5.75 Å². The fourth-order valence-corrected chi connectivity index (χ4v) is 2.65. The van der Waals surface area contributed by atoms with E-state index in [2.05, 4.69) is 53.9 Å². The molecule has 0 atom stereocenters. The Labute approximate surface area is 120 Å². The monoisotopic (exact) mass is 265 g/mol. The van der Waals surface area contributed by atoms with Crippen LogP contribution in [0.3, 0.4) is 0 Å². The SMILES string of the molecule is C=CCc1cccc2c1OCN(Cc1ccccc1)C2. The van der Waals surface area contributed by atoms with Crippen LogP contribution < -0.4 is 4.74 Å². The number of ether oxygens (including phenoxy) is 1. The van der Waals surface area contributed by atoms with Crippen molar-refractivity contribution in [2.75, 3.05) is 6.73 Å². The van der Waals surface area contributed by atoms with Gasteiger partial charge in [0.15, 0.2) is 0 Å². The van der Waals surface area contributed by atoms with Crippen LogP contribution in [-0.4, -0.2) is 11.6 Å². The van der Waals surface area contributed by atoms with E-state index < -0.39 is 0 Å². The molecule has 1 aliphatic rings. The minimum Gasteiger partial charge on any atom is -0.477 e. The second kappa shape index (κ2) is 5.93. The number of rotatable bonds is 4. The molecule has 0 radical (unpaired) electrons. The molecule has 0 fully saturated rings. The second-order valence-electron chi connectivity index (χ2n) is 5.14. The lowest BCUT2D eigenvalue weighted by Gasteiger charge is -2.30. The summed E-state index contributed by atoms with van der Waals surface area (Å²) in [7, 11) is 0. The molecule has 0 amide bonds. The van der Waals surface area contributed by atoms with Crippen molar-refractivity contribution in [3.8, 4) is 5.75 Å². The molecule has 2 heteroatoms. The van der Waals surface area contributed by atoms with E-state index in [-0.39, 0.29) is 0 Å². The molecule has 0 aromatic heterocycles. The number of hydrogen-bond donors (Lipinski definition) is 0. The highest BCUT2D eigenvalue weighted by Gasteiger charge is 2.19. The first-order valence-corrected chi connectivity index (χ1v) is 6.97. The smallest absolute Gasteiger partial charge is 0.142 e. The van der Waals surface area contributed by atoms with E-state index in [0.717, 1.165) is 25.3 Å². The maximum absolute atomic E-state index is 5.97. The summed E-state index contributed by atoms with van der Waals surface area (Å²) >= 11 is 0. The van der Waals surface area contributed by atoms with Crippen molar-refractivity contribution in [2.24, 2.45) is 0 Å². The average molecular weight is 265 g/mol. The molecule has 0 saturated heterocycles. The van der Waals surface area contributed by atoms with Crippen LogP contribution in [0.2, 0.25) is 0 Å². The molecular formula is C18H19NO. The van der Waals surface area contributed by atoms with Crippen molar-refractivity contribution in [2.45, 2.75) is 19.5 Å². The molecule has 0 bridgehead atoms. The topological polar surface area (TPSA) is 12.5 Å². The molecule has 2 aromatic carbocycles. The zero-order valence-electron chi connectivity index (χ0n) is 11.6. The molecule has 1 aliphatic heterocycles. The minimum atomic E-state index is 0.649. The standard InChI is InChI=1S/C18H19NO/c1-2-7-16-10-6-11-17-13-19(14-20-18(16)17)12-15-8-4-3-5-9-15/h2-6,8-11H,1,7,12-14H2. The lowest BCUT2D eigenvalue weighted by atomic mass is 10.0. The molecule has 0 N–H and O–H groups in total. The van der Waals surface area contributed by atoms with E-state index >= 15 is 0 Å². The molecule has 0 spiro atoms. The summed E-state index contributed by atoms with van der Waals surface area (Å²) in [6.07, 6.45) is 2.79. The fraction of sp³-hybridized carbons (Fsp3) is 0.222. The molecular weight excluding hydrogens is 246 g/mol. The average Bonchev–Trinajstić information content (AvgIpc) is 2.49. The quantitative estimate of drug-likeness (QED) is 0.780. The molecule has 20 heavy (non-hydrogen) atoms. The summed E-state index contributed by atoms with van der Waals surface area (Å²) in [4.78, 5) is 2.31. The van der Waals surface area contributed by atoms with Crippen LogP contribution in [-0.2, 0) is 19.5 Å². The fourth-order valence-electron chi connectivity index (χ4n) is 2.65. The Balaban J connectivity index is 1.75. The van der Waals surface area contributed by atoms with Gasteiger partial charge in [0.2, 0.25) is 0 Å². The third-order valence-electron chi connectivity index (χ3n) is 3.58. The Bertz CT molecular complexity index is 592. The van der Waals surface area contributed by atoms with Crippen molar-refractivity contribution < 1.29 is 4.74 Å². The van der Waals surface area contributed by atoms with Gasteiger partial charge in [-0.25, -0.2) is 0 Å². The second-order valence-corrected chi connectivity index (χ2v) is 5.14. The highest BCUT2D eigenvalue weighted by atomic mass is 16.5. The molecule has 3 rings (SSSR count). The molecule has 0 saturated carbocycles. The summed E-state index contributed by atoms with van der Waals surface area (Å²) < 4.78 is 5.97.